The van der Waals surface area contributed by atoms with Crippen LogP contribution in [-0.2, 0) is 14.4 Å². The molecule has 0 unspecified atom stereocenters. The maximum absolute atomic E-state index is 13.7. The Kier molecular flexibility index (Phi) is 8.18. The Bertz CT molecular complexity index is 1230. The zero-order chi connectivity index (χ0) is 27.4. The summed E-state index contributed by atoms with van der Waals surface area (Å²) in [5.74, 6) is -3.26. The summed E-state index contributed by atoms with van der Waals surface area (Å²) < 4.78 is 44.7. The lowest BCUT2D eigenvalue weighted by Gasteiger charge is -2.31. The third-order valence-corrected chi connectivity index (χ3v) is 6.86. The van der Waals surface area contributed by atoms with E-state index in [-0.39, 0.29) is 19.6 Å². The van der Waals surface area contributed by atoms with Gasteiger partial charge >= 0.3 is 6.18 Å². The molecule has 1 N–H and O–H groups in total. The molecule has 0 aromatic heterocycles. The number of halogens is 3. The Balaban J connectivity index is 1.71. The Morgan fingerprint density at radius 2 is 1.84 bits per heavy atom. The summed E-state index contributed by atoms with van der Waals surface area (Å²) in [5.41, 5.74) is 2.41. The van der Waals surface area contributed by atoms with Crippen molar-refractivity contribution in [2.75, 3.05) is 18.1 Å². The molecule has 3 atom stereocenters. The van der Waals surface area contributed by atoms with Crippen LogP contribution in [0.25, 0.3) is 0 Å². The Morgan fingerprint density at radius 3 is 2.50 bits per heavy atom. The van der Waals surface area contributed by atoms with E-state index < -0.39 is 54.6 Å². The molecule has 0 spiro atoms. The molecule has 10 heteroatoms. The number of ketones is 1. The predicted molar refractivity (Wildman–Crippen MR) is 136 cm³/mol. The highest BCUT2D eigenvalue weighted by atomic mass is 19.4. The first-order valence-corrected chi connectivity index (χ1v) is 12.7. The van der Waals surface area contributed by atoms with E-state index in [9.17, 15) is 27.6 Å². The van der Waals surface area contributed by atoms with Crippen LogP contribution in [0.4, 0.5) is 18.9 Å². The molecule has 0 saturated carbocycles. The van der Waals surface area contributed by atoms with Gasteiger partial charge in [-0.2, -0.15) is 13.2 Å². The van der Waals surface area contributed by atoms with E-state index >= 15 is 0 Å². The Labute approximate surface area is 219 Å². The molecule has 202 valence electrons. The minimum Gasteiger partial charge on any atom is -0.490 e. The smallest absolute Gasteiger partial charge is 0.389 e. The second-order valence-corrected chi connectivity index (χ2v) is 9.51. The predicted octanol–water partition coefficient (Wildman–Crippen LogP) is 4.67. The highest BCUT2D eigenvalue weighted by Gasteiger charge is 2.40. The molecule has 0 radical (unpaired) electrons. The molecule has 2 aromatic rings. The fraction of sp³-hybridized carbons (Fsp3) is 0.429. The zero-order valence-corrected chi connectivity index (χ0v) is 21.3. The van der Waals surface area contributed by atoms with Crippen molar-refractivity contribution < 1.29 is 32.3 Å². The highest BCUT2D eigenvalue weighted by molar-refractivity contribution is 6.21. The van der Waals surface area contributed by atoms with Gasteiger partial charge in [0.1, 0.15) is 18.1 Å². The normalized spacial score (nSPS) is 18.4. The number of alkyl halides is 3. The average molecular weight is 530 g/mol. The van der Waals surface area contributed by atoms with Crippen LogP contribution in [0.1, 0.15) is 50.7 Å². The van der Waals surface area contributed by atoms with Crippen LogP contribution >= 0.6 is 0 Å². The van der Waals surface area contributed by atoms with Crippen LogP contribution in [0.3, 0.4) is 0 Å². The van der Waals surface area contributed by atoms with Crippen molar-refractivity contribution in [3.63, 3.8) is 0 Å². The number of rotatable bonds is 9. The van der Waals surface area contributed by atoms with Crippen LogP contribution < -0.4 is 15.0 Å². The van der Waals surface area contributed by atoms with Gasteiger partial charge in [-0.05, 0) is 25.8 Å². The van der Waals surface area contributed by atoms with Crippen LogP contribution in [0, 0.1) is 11.8 Å². The van der Waals surface area contributed by atoms with Crippen molar-refractivity contribution in [1.29, 1.82) is 0 Å². The summed E-state index contributed by atoms with van der Waals surface area (Å²) in [6.07, 6.45) is -6.77. The fourth-order valence-electron chi connectivity index (χ4n) is 5.08. The molecule has 0 bridgehead atoms. The lowest BCUT2D eigenvalue weighted by atomic mass is 9.82. The minimum atomic E-state index is -4.45. The van der Waals surface area contributed by atoms with Crippen molar-refractivity contribution in [2.45, 2.75) is 51.9 Å². The summed E-state index contributed by atoms with van der Waals surface area (Å²) in [4.78, 5) is 45.8. The van der Waals surface area contributed by atoms with Gasteiger partial charge in [-0.25, -0.2) is 4.99 Å². The number of hydrogen-bond acceptors (Lipinski definition) is 5. The highest BCUT2D eigenvalue weighted by Crippen LogP contribution is 2.39. The van der Waals surface area contributed by atoms with Gasteiger partial charge in [0.2, 0.25) is 12.1 Å². The van der Waals surface area contributed by atoms with Crippen LogP contribution in [0.15, 0.2) is 53.5 Å². The molecule has 0 saturated heterocycles. The Hall–Kier alpha value is -3.69. The molecular weight excluding hydrogens is 499 g/mol. The van der Waals surface area contributed by atoms with E-state index in [1.807, 2.05) is 36.4 Å². The first kappa shape index (κ1) is 27.3. The van der Waals surface area contributed by atoms with Crippen LogP contribution in [0.5, 0.6) is 5.75 Å². The molecule has 0 aliphatic carbocycles. The second kappa shape index (κ2) is 11.4. The maximum Gasteiger partial charge on any atom is 0.389 e. The minimum absolute atomic E-state index is 0.200. The number of para-hydroxylation sites is 1. The van der Waals surface area contributed by atoms with Gasteiger partial charge in [0, 0.05) is 29.4 Å². The van der Waals surface area contributed by atoms with Gasteiger partial charge in [-0.1, -0.05) is 55.8 Å². The summed E-state index contributed by atoms with van der Waals surface area (Å²) >= 11 is 0. The number of carbonyl (C=O) groups is 3. The molecule has 2 aliphatic rings. The summed E-state index contributed by atoms with van der Waals surface area (Å²) in [6.45, 7) is 3.49. The quantitative estimate of drug-likeness (QED) is 0.512. The number of ether oxygens (including phenoxy) is 1. The topological polar surface area (TPSA) is 88.1 Å². The van der Waals surface area contributed by atoms with Gasteiger partial charge in [-0.15, -0.1) is 0 Å². The van der Waals surface area contributed by atoms with E-state index in [0.29, 0.717) is 29.1 Å². The number of aliphatic imine (C=N–C) groups is 1. The number of amides is 2. The van der Waals surface area contributed by atoms with E-state index in [0.717, 1.165) is 5.56 Å². The van der Waals surface area contributed by atoms with Crippen molar-refractivity contribution in [3.05, 3.63) is 59.7 Å². The van der Waals surface area contributed by atoms with Crippen molar-refractivity contribution >= 4 is 29.0 Å². The van der Waals surface area contributed by atoms with Crippen LogP contribution in [-0.4, -0.2) is 48.8 Å². The molecule has 4 rings (SSSR count). The number of hydrogen-bond donors (Lipinski definition) is 1. The van der Waals surface area contributed by atoms with Crippen molar-refractivity contribution in [2.24, 2.45) is 16.8 Å². The lowest BCUT2D eigenvalue weighted by Crippen LogP contribution is -2.51. The summed E-state index contributed by atoms with van der Waals surface area (Å²) in [7, 11) is 0. The van der Waals surface area contributed by atoms with Gasteiger partial charge in [0.25, 0.3) is 5.91 Å². The summed E-state index contributed by atoms with van der Waals surface area (Å²) in [5, 5.41) is 2.68. The van der Waals surface area contributed by atoms with E-state index in [1.54, 1.807) is 19.1 Å². The molecule has 2 amide bonds. The molecule has 2 heterocycles. The fourth-order valence-corrected chi connectivity index (χ4v) is 5.08. The third-order valence-electron chi connectivity index (χ3n) is 6.86. The number of anilines is 1. The van der Waals surface area contributed by atoms with E-state index in [4.69, 9.17) is 4.74 Å². The van der Waals surface area contributed by atoms with E-state index in [1.165, 1.54) is 11.8 Å². The number of Topliss-reactive ketones (excluding diaryl/α,β-unsaturated/α-hetero) is 1. The molecule has 2 aliphatic heterocycles. The molecule has 7 nitrogen and oxygen atoms in total. The molecular formula is C28H30F3N3O4. The van der Waals surface area contributed by atoms with E-state index in [2.05, 4.69) is 10.3 Å². The number of nitrogens with zero attached hydrogens (tertiary/aromatic N) is 2. The SMILES string of the molecule is CCC[C@@H](C(=O)N[C@H]1N=C(c2ccccc2)c2cccc3c2N(CCO3)C1=O)[C@H](CCC(F)(F)F)C(C)=O. The first-order valence-electron chi connectivity index (χ1n) is 12.7. The molecule has 2 aromatic carbocycles. The van der Waals surface area contributed by atoms with Gasteiger partial charge in [-0.3, -0.25) is 14.4 Å². The lowest BCUT2D eigenvalue weighted by molar-refractivity contribution is -0.145. The van der Waals surface area contributed by atoms with Gasteiger partial charge in [0.15, 0.2) is 0 Å². The molecule has 0 fully saturated rings. The van der Waals surface area contributed by atoms with Crippen LogP contribution in [0.2, 0.25) is 0 Å². The maximum atomic E-state index is 13.7. The first-order chi connectivity index (χ1) is 18.1. The van der Waals surface area contributed by atoms with Gasteiger partial charge in [0.05, 0.1) is 17.9 Å². The zero-order valence-electron chi connectivity index (χ0n) is 21.3. The number of carbonyl (C=O) groups excluding carboxylic acids is 3. The Morgan fingerprint density at radius 1 is 1.11 bits per heavy atom. The largest absolute Gasteiger partial charge is 0.490 e. The van der Waals surface area contributed by atoms with Gasteiger partial charge < -0.3 is 15.0 Å². The monoisotopic (exact) mass is 529 g/mol. The third kappa shape index (κ3) is 5.89. The van der Waals surface area contributed by atoms with Crippen molar-refractivity contribution in [1.82, 2.24) is 5.32 Å². The number of benzene rings is 2. The number of nitrogens with one attached hydrogen (secondary N) is 1. The summed E-state index contributed by atoms with van der Waals surface area (Å²) in [6, 6.07) is 14.6. The van der Waals surface area contributed by atoms with Crippen molar-refractivity contribution in [3.8, 4) is 5.75 Å². The standard InChI is InChI=1S/C28H30F3N3O4/c1-3-8-20(19(17(2)35)13-14-28(29,30)31)26(36)33-25-27(37)34-15-16-38-22-12-7-11-21(24(22)34)23(32-25)18-9-5-4-6-10-18/h4-7,9-12,19-20,25H,3,8,13-16H2,1-2H3,(H,33,36)/t19-,20-,25-/m1/s1. The average Bonchev–Trinajstić information content (AvgIpc) is 3.00. The second-order valence-electron chi connectivity index (χ2n) is 9.51. The molecule has 38 heavy (non-hydrogen) atoms.